The number of unbranched alkanes of at least 4 members (excludes halogenated alkanes) is 1. The van der Waals surface area contributed by atoms with E-state index in [1.807, 2.05) is 6.26 Å². The van der Waals surface area contributed by atoms with E-state index in [2.05, 4.69) is 37.2 Å². The van der Waals surface area contributed by atoms with Gasteiger partial charge >= 0.3 is 17.9 Å². The lowest BCUT2D eigenvalue weighted by Gasteiger charge is -2.32. The Morgan fingerprint density at radius 1 is 0.618 bits per heavy atom. The second-order valence-corrected chi connectivity index (χ2v) is 21.1. The van der Waals surface area contributed by atoms with Gasteiger partial charge in [0.2, 0.25) is 47.3 Å². The lowest BCUT2D eigenvalue weighted by atomic mass is 9.99. The zero-order valence-corrected chi connectivity index (χ0v) is 45.6. The Hall–Kier alpha value is -6.34. The van der Waals surface area contributed by atoms with E-state index in [9.17, 15) is 68.1 Å². The number of nitrogens with one attached hydrogen (secondary N) is 7. The summed E-state index contributed by atoms with van der Waals surface area (Å²) in [5, 5.41) is 47.0. The Balaban J connectivity index is 2.39. The van der Waals surface area contributed by atoms with Gasteiger partial charge in [-0.3, -0.25) is 47.9 Å². The Morgan fingerprint density at radius 3 is 1.66 bits per heavy atom. The fraction of sp³-hybridized carbons (Fsp3) is 0.667. The lowest BCUT2D eigenvalue weighted by Crippen LogP contribution is -2.61. The molecule has 0 spiro atoms. The highest BCUT2D eigenvalue weighted by molar-refractivity contribution is 7.98. The number of carboxylic acid groups (broad SMARTS) is 3. The van der Waals surface area contributed by atoms with Crippen LogP contribution in [0.5, 0.6) is 0 Å². The smallest absolute Gasteiger partial charge is 0.326 e. The number of likely N-dealkylation sites (tertiary alicyclic amines) is 1. The average molecular weight is 1090 g/mol. The maximum Gasteiger partial charge on any atom is 0.326 e. The lowest BCUT2D eigenvalue weighted by molar-refractivity contribution is -0.144. The minimum Gasteiger partial charge on any atom is -0.481 e. The molecule has 8 amide bonds. The van der Waals surface area contributed by atoms with Crippen LogP contribution in [-0.2, 0) is 59.2 Å². The molecule has 0 unspecified atom stereocenters. The molecule has 0 aromatic heterocycles. The third kappa shape index (κ3) is 22.9. The summed E-state index contributed by atoms with van der Waals surface area (Å²) in [6.45, 7) is 10.2. The summed E-state index contributed by atoms with van der Waals surface area (Å²) in [6, 6.07) is -2.77. The predicted octanol–water partition coefficient (Wildman–Crippen LogP) is -0.00460. The van der Waals surface area contributed by atoms with Gasteiger partial charge in [0.1, 0.15) is 48.3 Å². The number of nitrogens with zero attached hydrogens (tertiary/aromatic N) is 1. The first-order valence-electron chi connectivity index (χ1n) is 25.9. The highest BCUT2D eigenvalue weighted by Gasteiger charge is 2.41. The van der Waals surface area contributed by atoms with E-state index in [1.165, 1.54) is 16.7 Å². The number of hydrogen-bond donors (Lipinski definition) is 12. The van der Waals surface area contributed by atoms with Gasteiger partial charge in [0.05, 0.1) is 6.04 Å². The summed E-state index contributed by atoms with van der Waals surface area (Å²) >= 11 is 1.50. The van der Waals surface area contributed by atoms with Gasteiger partial charge in [0.15, 0.2) is 0 Å². The molecule has 1 aromatic carbocycles. The molecule has 1 heterocycles. The van der Waals surface area contributed by atoms with Crippen LogP contribution in [0.1, 0.15) is 118 Å². The molecule has 0 bridgehead atoms. The first-order chi connectivity index (χ1) is 35.8. The van der Waals surface area contributed by atoms with Crippen molar-refractivity contribution >= 4 is 76.9 Å². The van der Waals surface area contributed by atoms with Crippen LogP contribution in [0.25, 0.3) is 0 Å². The molecule has 24 nitrogen and oxygen atoms in total. The summed E-state index contributed by atoms with van der Waals surface area (Å²) in [6.07, 6.45) is 1.56. The number of carboxylic acids is 3. The maximum absolute atomic E-state index is 14.5. The molecule has 0 radical (unpaired) electrons. The Bertz CT molecular complexity index is 2130. The molecular formula is C51H82N10O14S. The number of amides is 8. The van der Waals surface area contributed by atoms with E-state index in [4.69, 9.17) is 11.5 Å². The summed E-state index contributed by atoms with van der Waals surface area (Å²) in [5.41, 5.74) is 12.6. The quantitative estimate of drug-likeness (QED) is 0.0398. The Kier molecular flexibility index (Phi) is 29.1. The summed E-state index contributed by atoms with van der Waals surface area (Å²) < 4.78 is 0. The second-order valence-electron chi connectivity index (χ2n) is 20.2. The molecule has 1 fully saturated rings. The van der Waals surface area contributed by atoms with Crippen molar-refractivity contribution < 1.29 is 68.1 Å². The van der Waals surface area contributed by atoms with Gasteiger partial charge in [-0.15, -0.1) is 0 Å². The minimum atomic E-state index is -1.55. The molecular weight excluding hydrogens is 1010 g/mol. The van der Waals surface area contributed by atoms with E-state index >= 15 is 0 Å². The number of carbonyl (C=O) groups excluding carboxylic acids is 8. The molecule has 426 valence electrons. The molecule has 1 saturated heterocycles. The molecule has 76 heavy (non-hydrogen) atoms. The molecule has 14 N–H and O–H groups in total. The van der Waals surface area contributed by atoms with Crippen LogP contribution in [0.15, 0.2) is 30.3 Å². The third-order valence-corrected chi connectivity index (χ3v) is 13.3. The normalized spacial score (nSPS) is 16.5. The van der Waals surface area contributed by atoms with Gasteiger partial charge < -0.3 is 68.9 Å². The number of aliphatic carboxylic acids is 3. The predicted molar refractivity (Wildman–Crippen MR) is 283 cm³/mol. The first-order valence-corrected chi connectivity index (χ1v) is 27.3. The van der Waals surface area contributed by atoms with Crippen molar-refractivity contribution in [3.8, 4) is 0 Å². The molecule has 1 aliphatic rings. The highest BCUT2D eigenvalue weighted by Crippen LogP contribution is 2.21. The number of carbonyl (C=O) groups is 11. The average Bonchev–Trinajstić information content (AvgIpc) is 3.85. The van der Waals surface area contributed by atoms with E-state index in [0.717, 1.165) is 0 Å². The summed E-state index contributed by atoms with van der Waals surface area (Å²) in [4.78, 5) is 148. The van der Waals surface area contributed by atoms with Crippen molar-refractivity contribution in [1.29, 1.82) is 0 Å². The fourth-order valence-corrected chi connectivity index (χ4v) is 8.86. The summed E-state index contributed by atoms with van der Waals surface area (Å²) in [7, 11) is 0. The van der Waals surface area contributed by atoms with E-state index in [0.29, 0.717) is 37.0 Å². The van der Waals surface area contributed by atoms with Crippen molar-refractivity contribution in [2.24, 2.45) is 29.2 Å². The highest BCUT2D eigenvalue weighted by atomic mass is 32.2. The maximum atomic E-state index is 14.5. The van der Waals surface area contributed by atoms with Gasteiger partial charge in [-0.05, 0) is 99.7 Å². The molecule has 9 atom stereocenters. The molecule has 25 heteroatoms. The van der Waals surface area contributed by atoms with Crippen molar-refractivity contribution in [2.45, 2.75) is 173 Å². The number of nitrogens with two attached hydrogens (primary N) is 2. The number of thioether (sulfide) groups is 1. The Morgan fingerprint density at radius 2 is 1.12 bits per heavy atom. The van der Waals surface area contributed by atoms with Crippen LogP contribution in [0.3, 0.4) is 0 Å². The van der Waals surface area contributed by atoms with Crippen LogP contribution in [-0.4, -0.2) is 165 Å². The number of hydrogen-bond acceptors (Lipinski definition) is 14. The number of rotatable bonds is 35. The van der Waals surface area contributed by atoms with Crippen LogP contribution in [0.2, 0.25) is 0 Å². The zero-order valence-electron chi connectivity index (χ0n) is 44.8. The molecule has 2 rings (SSSR count). The van der Waals surface area contributed by atoms with Crippen molar-refractivity contribution in [1.82, 2.24) is 42.1 Å². The minimum absolute atomic E-state index is 0.00176. The van der Waals surface area contributed by atoms with Gasteiger partial charge in [-0.1, -0.05) is 71.9 Å². The fourth-order valence-electron chi connectivity index (χ4n) is 8.37. The SMILES string of the molecule is CSCC[C@H](N)C(=O)N[C@@H](Cc1ccccc1)C(=O)N[C@@H](CCCCN)C(=O)N[C@@H](CCC(=O)O)C(=O)N1CCC[C@H]1C(=O)N[C@H](C(=O)N[C@@H](CCC(=O)O)C(=O)N[C@H](C(=O)N[C@@H](CC(C)C)C(=O)O)C(C)C)C(C)C. The third-order valence-electron chi connectivity index (χ3n) is 12.7. The molecule has 0 saturated carbocycles. The van der Waals surface area contributed by atoms with Gasteiger partial charge in [0.25, 0.3) is 0 Å². The van der Waals surface area contributed by atoms with Crippen molar-refractivity contribution in [3.05, 3.63) is 35.9 Å². The van der Waals surface area contributed by atoms with Crippen molar-refractivity contribution in [2.75, 3.05) is 25.1 Å². The van der Waals surface area contributed by atoms with Crippen LogP contribution in [0, 0.1) is 17.8 Å². The van der Waals surface area contributed by atoms with E-state index in [1.54, 1.807) is 71.9 Å². The van der Waals surface area contributed by atoms with Gasteiger partial charge in [0, 0.05) is 25.8 Å². The van der Waals surface area contributed by atoms with E-state index in [-0.39, 0.29) is 44.7 Å². The molecule has 1 aliphatic heterocycles. The largest absolute Gasteiger partial charge is 0.481 e. The van der Waals surface area contributed by atoms with Crippen LogP contribution < -0.4 is 48.7 Å². The first kappa shape index (κ1) is 65.8. The number of benzene rings is 1. The van der Waals surface area contributed by atoms with Crippen molar-refractivity contribution in [3.63, 3.8) is 0 Å². The van der Waals surface area contributed by atoms with Crippen LogP contribution in [0.4, 0.5) is 0 Å². The zero-order chi connectivity index (χ0) is 57.2. The van der Waals surface area contributed by atoms with Gasteiger partial charge in [-0.25, -0.2) is 4.79 Å². The topological polar surface area (TPSA) is 388 Å². The summed E-state index contributed by atoms with van der Waals surface area (Å²) in [5.74, 6) is -11.0. The monoisotopic (exact) mass is 1090 g/mol. The standard InChI is InChI=1S/C51H82N10O14S/c1-28(2)26-37(51(74)75)58-49(72)41(29(3)4)59-45(68)34(18-20-39(62)63)55-48(71)42(30(5)6)60-47(70)38-17-13-24-61(38)50(73)35(19-21-40(64)65)56-44(67)33(16-11-12-23-52)54-46(69)36(27-31-14-9-8-10-15-31)57-43(66)32(53)22-25-76-7/h8-10,14-15,28-30,32-38,41-42H,11-13,16-27,52-53H2,1-7H3,(H,54,69)(H,55,71)(H,56,67)(H,57,66)(H,58,72)(H,59,68)(H,60,70)(H,62,63)(H,64,65)(H,74,75)/t32-,33-,34-,35-,36-,37-,38-,41-,42-/m0/s1. The second kappa shape index (κ2) is 33.6. The molecule has 0 aliphatic carbocycles. The van der Waals surface area contributed by atoms with Crippen LogP contribution >= 0.6 is 11.8 Å². The Labute approximate surface area is 448 Å². The molecule has 1 aromatic rings. The van der Waals surface area contributed by atoms with Gasteiger partial charge in [-0.2, -0.15) is 11.8 Å². The van der Waals surface area contributed by atoms with E-state index < -0.39 is 157 Å².